The van der Waals surface area contributed by atoms with E-state index in [1.807, 2.05) is 0 Å². The second-order valence-corrected chi connectivity index (χ2v) is 20.8. The molecule has 14 atom stereocenters. The van der Waals surface area contributed by atoms with Crippen molar-refractivity contribution in [2.75, 3.05) is 13.1 Å². The Labute approximate surface area is 428 Å². The van der Waals surface area contributed by atoms with E-state index >= 15 is 0 Å². The van der Waals surface area contributed by atoms with Crippen LogP contribution in [0.1, 0.15) is 136 Å². The Hall–Kier alpha value is -5.42. The molecular formula is C51H82N8O14. The topological polar surface area (TPSA) is 351 Å². The molecule has 0 bridgehead atoms. The Morgan fingerprint density at radius 3 is 2.04 bits per heavy atom. The number of primary amides is 1. The van der Waals surface area contributed by atoms with Crippen LogP contribution in [0.4, 0.5) is 0 Å². The van der Waals surface area contributed by atoms with Crippen LogP contribution in [0, 0.1) is 17.8 Å². The van der Waals surface area contributed by atoms with Crippen molar-refractivity contribution in [3.05, 3.63) is 29.8 Å². The predicted molar refractivity (Wildman–Crippen MR) is 266 cm³/mol. The summed E-state index contributed by atoms with van der Waals surface area (Å²) in [5, 5.41) is 77.8. The average Bonchev–Trinajstić information content (AvgIpc) is 3.87. The van der Waals surface area contributed by atoms with Crippen molar-refractivity contribution in [1.82, 2.24) is 36.4 Å². The van der Waals surface area contributed by atoms with Gasteiger partial charge in [-0.3, -0.25) is 38.4 Å². The third-order valence-electron chi connectivity index (χ3n) is 14.4. The number of phenolic OH excluding ortho intramolecular Hbond substituents is 1. The quantitative estimate of drug-likeness (QED) is 0.0732. The van der Waals surface area contributed by atoms with Crippen LogP contribution in [0.3, 0.4) is 0 Å². The molecule has 3 saturated heterocycles. The van der Waals surface area contributed by atoms with Crippen molar-refractivity contribution in [1.29, 1.82) is 0 Å². The highest BCUT2D eigenvalue weighted by atomic mass is 16.3. The second-order valence-electron chi connectivity index (χ2n) is 20.8. The maximum Gasteiger partial charge on any atom is 0.248 e. The SMILES string of the molecule is CC[C@H](C)C[C@H](C)CCCCCCCCC(=O)N[C@@H]1CC[C@@H](O)NC(=O)[C@@H]2[C@@H](O)[C@@H](C)CN2C(=O)[C@H]([C@H](O)CC(N)=O)NC(=O)[C@H](CCc2ccc(O)cc2)NC(=O)[C@@H]2C[C@@H](O)CN2C(=O)[C@H]([C@@H](C)O)NC1=O. The fourth-order valence-corrected chi connectivity index (χ4v) is 9.91. The molecule has 410 valence electrons. The molecule has 0 unspecified atom stereocenters. The van der Waals surface area contributed by atoms with E-state index in [1.54, 1.807) is 12.1 Å². The lowest BCUT2D eigenvalue weighted by Gasteiger charge is -2.33. The molecule has 3 aliphatic rings. The van der Waals surface area contributed by atoms with Crippen molar-refractivity contribution in [3.63, 3.8) is 0 Å². The maximum atomic E-state index is 14.5. The summed E-state index contributed by atoms with van der Waals surface area (Å²) >= 11 is 0. The summed E-state index contributed by atoms with van der Waals surface area (Å²) in [5.41, 5.74) is 5.98. The van der Waals surface area contributed by atoms with Crippen molar-refractivity contribution in [2.45, 2.75) is 204 Å². The van der Waals surface area contributed by atoms with Gasteiger partial charge in [-0.2, -0.15) is 0 Å². The largest absolute Gasteiger partial charge is 0.508 e. The van der Waals surface area contributed by atoms with E-state index in [-0.39, 0.29) is 44.4 Å². The van der Waals surface area contributed by atoms with Gasteiger partial charge in [0.1, 0.15) is 48.2 Å². The molecule has 22 nitrogen and oxygen atoms in total. The summed E-state index contributed by atoms with van der Waals surface area (Å²) in [6, 6.07) is -4.04. The summed E-state index contributed by atoms with van der Waals surface area (Å²) in [6.07, 6.45) is -1.24. The van der Waals surface area contributed by atoms with E-state index in [0.29, 0.717) is 23.8 Å². The molecule has 4 rings (SSSR count). The number of unbranched alkanes of at least 4 members (excludes halogenated alkanes) is 5. The Bertz CT molecular complexity index is 2030. The van der Waals surface area contributed by atoms with E-state index < -0.39 is 139 Å². The van der Waals surface area contributed by atoms with Gasteiger partial charge in [0.15, 0.2) is 0 Å². The van der Waals surface area contributed by atoms with Crippen LogP contribution in [0.15, 0.2) is 24.3 Å². The van der Waals surface area contributed by atoms with Gasteiger partial charge in [-0.25, -0.2) is 0 Å². The van der Waals surface area contributed by atoms with Gasteiger partial charge < -0.3 is 72.8 Å². The number of rotatable bonds is 20. The number of phenols is 1. The third-order valence-corrected chi connectivity index (χ3v) is 14.4. The lowest BCUT2D eigenvalue weighted by Crippen LogP contribution is -2.62. The summed E-state index contributed by atoms with van der Waals surface area (Å²) in [5.74, 6) is -7.20. The fourth-order valence-electron chi connectivity index (χ4n) is 9.91. The molecule has 0 spiro atoms. The van der Waals surface area contributed by atoms with Crippen molar-refractivity contribution >= 4 is 47.3 Å². The highest BCUT2D eigenvalue weighted by Gasteiger charge is 2.49. The molecule has 1 aromatic rings. The lowest BCUT2D eigenvalue weighted by atomic mass is 9.91. The zero-order valence-corrected chi connectivity index (χ0v) is 43.0. The number of nitrogens with two attached hydrogens (primary N) is 1. The summed E-state index contributed by atoms with van der Waals surface area (Å²) in [7, 11) is 0. The van der Waals surface area contributed by atoms with Gasteiger partial charge >= 0.3 is 0 Å². The molecular weight excluding hydrogens is 949 g/mol. The normalized spacial score (nSPS) is 28.6. The Balaban J connectivity index is 1.64. The van der Waals surface area contributed by atoms with E-state index in [1.165, 1.54) is 45.2 Å². The zero-order valence-electron chi connectivity index (χ0n) is 43.0. The molecule has 3 heterocycles. The summed E-state index contributed by atoms with van der Waals surface area (Å²) in [6.45, 7) is 8.77. The molecule has 0 aromatic heterocycles. The van der Waals surface area contributed by atoms with E-state index in [4.69, 9.17) is 5.73 Å². The highest BCUT2D eigenvalue weighted by molar-refractivity contribution is 5.98. The van der Waals surface area contributed by atoms with Crippen LogP contribution in [-0.2, 0) is 44.8 Å². The molecule has 0 radical (unpaired) electrons. The van der Waals surface area contributed by atoms with Gasteiger partial charge in [-0.1, -0.05) is 84.8 Å². The Kier molecular flexibility index (Phi) is 23.8. The minimum absolute atomic E-state index is 0.0419. The fraction of sp³-hybridized carbons (Fsp3) is 0.725. The Morgan fingerprint density at radius 1 is 0.767 bits per heavy atom. The molecule has 3 aliphatic heterocycles. The monoisotopic (exact) mass is 1030 g/mol. The second kappa shape index (κ2) is 28.9. The van der Waals surface area contributed by atoms with Gasteiger partial charge in [-0.15, -0.1) is 0 Å². The minimum Gasteiger partial charge on any atom is -0.508 e. The number of aryl methyl sites for hydroxylation is 1. The lowest BCUT2D eigenvalue weighted by molar-refractivity contribution is -0.147. The Morgan fingerprint density at radius 2 is 1.40 bits per heavy atom. The number of hydrogen-bond acceptors (Lipinski definition) is 14. The van der Waals surface area contributed by atoms with Crippen LogP contribution in [0.2, 0.25) is 0 Å². The number of fused-ring (bicyclic) bond motifs is 2. The number of hydrogen-bond donors (Lipinski definition) is 12. The third kappa shape index (κ3) is 18.2. The van der Waals surface area contributed by atoms with Crippen molar-refractivity contribution in [3.8, 4) is 5.75 Å². The molecule has 0 aliphatic carbocycles. The van der Waals surface area contributed by atoms with Crippen LogP contribution < -0.4 is 32.3 Å². The number of aliphatic hydroxyl groups is 5. The zero-order chi connectivity index (χ0) is 54.1. The molecule has 22 heteroatoms. The first kappa shape index (κ1) is 60.1. The minimum atomic E-state index is -2.00. The van der Waals surface area contributed by atoms with Gasteiger partial charge in [0, 0.05) is 31.8 Å². The molecule has 73 heavy (non-hydrogen) atoms. The first-order valence-electron chi connectivity index (χ1n) is 26.1. The molecule has 13 N–H and O–H groups in total. The first-order chi connectivity index (χ1) is 34.5. The molecule has 3 fully saturated rings. The number of benzene rings is 1. The number of aliphatic hydroxyl groups excluding tert-OH is 5. The van der Waals surface area contributed by atoms with Crippen LogP contribution in [-0.4, -0.2) is 168 Å². The van der Waals surface area contributed by atoms with Crippen molar-refractivity contribution in [2.24, 2.45) is 23.5 Å². The van der Waals surface area contributed by atoms with Crippen LogP contribution in [0.25, 0.3) is 0 Å². The summed E-state index contributed by atoms with van der Waals surface area (Å²) < 4.78 is 0. The molecule has 0 saturated carbocycles. The number of nitrogens with zero attached hydrogens (tertiary/aromatic N) is 2. The van der Waals surface area contributed by atoms with Gasteiger partial charge in [0.2, 0.25) is 47.3 Å². The highest BCUT2D eigenvalue weighted by Crippen LogP contribution is 2.27. The summed E-state index contributed by atoms with van der Waals surface area (Å²) in [4.78, 5) is 113. The van der Waals surface area contributed by atoms with Gasteiger partial charge in [-0.05, 0) is 75.0 Å². The number of aromatic hydroxyl groups is 1. The smallest absolute Gasteiger partial charge is 0.248 e. The molecule has 1 aromatic carbocycles. The van der Waals surface area contributed by atoms with Crippen LogP contribution >= 0.6 is 0 Å². The van der Waals surface area contributed by atoms with Gasteiger partial charge in [0.05, 0.1) is 30.8 Å². The van der Waals surface area contributed by atoms with Crippen molar-refractivity contribution < 1.29 is 69.0 Å². The van der Waals surface area contributed by atoms with Gasteiger partial charge in [0.25, 0.3) is 0 Å². The van der Waals surface area contributed by atoms with Crippen LogP contribution in [0.5, 0.6) is 5.75 Å². The van der Waals surface area contributed by atoms with E-state index in [0.717, 1.165) is 41.9 Å². The number of nitrogens with one attached hydrogen (secondary N) is 5. The maximum absolute atomic E-state index is 14.5. The van der Waals surface area contributed by atoms with E-state index in [2.05, 4.69) is 47.4 Å². The standard InChI is InChI=1S/C51H82N8O14/c1-6-28(2)23-29(3)13-11-9-7-8-10-12-14-40(65)53-35-21-22-41(66)55-49(71)44-45(67)30(4)26-59(44)51(73)43(38(63)25-39(52)64)57-47(69)36(20-17-32-15-18-33(61)19-16-32)54-48(70)37-24-34(62)27-58(37)50(72)42(31(5)60)56-46(35)68/h15-16,18-19,28-31,34-38,41-45,60-63,66-67H,6-14,17,20-27H2,1-5H3,(H2,52,64)(H,53,65)(H,54,70)(H,55,71)(H,56,68)(H,57,69)/t28-,29+,30-,31+,34+,35+,36-,37-,38+,41+,42-,43-,44-,45-/m0/s1. The molecule has 8 amide bonds. The first-order valence-corrected chi connectivity index (χ1v) is 26.1. The average molecular weight is 1030 g/mol. The number of carbonyl (C=O) groups excluding carboxylic acids is 8. The van der Waals surface area contributed by atoms with E-state index in [9.17, 15) is 69.0 Å². The predicted octanol–water partition coefficient (Wildman–Crippen LogP) is -0.528. The number of amides is 8. The number of carbonyl (C=O) groups is 8.